The first-order chi connectivity index (χ1) is 11.1. The highest BCUT2D eigenvalue weighted by molar-refractivity contribution is 6.74. The van der Waals surface area contributed by atoms with Crippen molar-refractivity contribution in [2.75, 3.05) is 13.2 Å². The van der Waals surface area contributed by atoms with Gasteiger partial charge < -0.3 is 9.16 Å². The van der Waals surface area contributed by atoms with Crippen LogP contribution in [0.3, 0.4) is 0 Å². The highest BCUT2D eigenvalue weighted by Gasteiger charge is 2.54. The van der Waals surface area contributed by atoms with E-state index < -0.39 is 8.32 Å². The SMILES string of the molecule is CC1=C[C@@H]2OCC3=CC(=O)C[C@@H]3[C@]2(CO[Si](C)(C)C(C)(C)C)CC1. The molecule has 0 saturated carbocycles. The number of carbonyl (C=O) groups excluding carboxylic acids is 1. The number of ether oxygens (including phenoxy) is 1. The standard InChI is InChI=1S/C20H32O3Si/c1-14-7-8-20(13-23-24(5,6)19(2,3)4)17-11-16(21)10-15(17)12-22-18(20)9-14/h9-10,17-18H,7-8,11-13H2,1-6H3/t17-,18-,20+/m0/s1. The van der Waals surface area contributed by atoms with Crippen LogP contribution in [-0.2, 0) is 14.0 Å². The lowest BCUT2D eigenvalue weighted by atomic mass is 9.62. The van der Waals surface area contributed by atoms with Gasteiger partial charge in [-0.3, -0.25) is 4.79 Å². The van der Waals surface area contributed by atoms with Crippen molar-refractivity contribution in [3.63, 3.8) is 0 Å². The zero-order valence-corrected chi connectivity index (χ0v) is 17.1. The van der Waals surface area contributed by atoms with Crippen molar-refractivity contribution in [3.8, 4) is 0 Å². The van der Waals surface area contributed by atoms with E-state index in [1.807, 2.05) is 6.08 Å². The third-order valence-electron chi connectivity index (χ3n) is 6.82. The molecule has 134 valence electrons. The summed E-state index contributed by atoms with van der Waals surface area (Å²) in [4.78, 5) is 12.1. The number of rotatable bonds is 3. The van der Waals surface area contributed by atoms with Crippen molar-refractivity contribution in [2.45, 2.75) is 71.2 Å². The number of allylic oxidation sites excluding steroid dienone is 2. The average molecular weight is 349 g/mol. The van der Waals surface area contributed by atoms with Crippen molar-refractivity contribution >= 4 is 14.1 Å². The molecule has 3 aliphatic rings. The van der Waals surface area contributed by atoms with Crippen LogP contribution >= 0.6 is 0 Å². The molecule has 2 aliphatic carbocycles. The highest BCUT2D eigenvalue weighted by Crippen LogP contribution is 2.53. The Hall–Kier alpha value is -0.713. The van der Waals surface area contributed by atoms with Gasteiger partial charge in [-0.25, -0.2) is 0 Å². The molecule has 0 aromatic carbocycles. The van der Waals surface area contributed by atoms with Gasteiger partial charge in [0.15, 0.2) is 14.1 Å². The molecule has 1 aliphatic heterocycles. The normalized spacial score (nSPS) is 33.7. The van der Waals surface area contributed by atoms with Crippen molar-refractivity contribution in [1.82, 2.24) is 0 Å². The Labute approximate surface area is 147 Å². The van der Waals surface area contributed by atoms with Gasteiger partial charge in [0.2, 0.25) is 0 Å². The fraction of sp³-hybridized carbons (Fsp3) is 0.750. The van der Waals surface area contributed by atoms with E-state index in [1.54, 1.807) is 0 Å². The quantitative estimate of drug-likeness (QED) is 0.550. The molecule has 24 heavy (non-hydrogen) atoms. The van der Waals surface area contributed by atoms with Gasteiger partial charge in [0.1, 0.15) is 0 Å². The van der Waals surface area contributed by atoms with Crippen molar-refractivity contribution in [3.05, 3.63) is 23.3 Å². The summed E-state index contributed by atoms with van der Waals surface area (Å²) in [5.74, 6) is 0.565. The lowest BCUT2D eigenvalue weighted by Gasteiger charge is -2.52. The molecule has 0 N–H and O–H groups in total. The second-order valence-electron chi connectivity index (χ2n) is 9.47. The van der Waals surface area contributed by atoms with Crippen LogP contribution in [-0.4, -0.2) is 33.4 Å². The molecular weight excluding hydrogens is 316 g/mol. The van der Waals surface area contributed by atoms with E-state index in [1.165, 1.54) is 11.1 Å². The Kier molecular flexibility index (Phi) is 4.47. The summed E-state index contributed by atoms with van der Waals surface area (Å²) in [5.41, 5.74) is 2.54. The maximum absolute atomic E-state index is 12.1. The number of hydrogen-bond acceptors (Lipinski definition) is 3. The van der Waals surface area contributed by atoms with Crippen LogP contribution in [0, 0.1) is 11.3 Å². The summed E-state index contributed by atoms with van der Waals surface area (Å²) in [6.07, 6.45) is 6.99. The van der Waals surface area contributed by atoms with Gasteiger partial charge in [-0.15, -0.1) is 0 Å². The number of carbonyl (C=O) groups is 1. The minimum Gasteiger partial charge on any atom is -0.416 e. The monoisotopic (exact) mass is 348 g/mol. The van der Waals surface area contributed by atoms with E-state index >= 15 is 0 Å². The smallest absolute Gasteiger partial charge is 0.192 e. The second-order valence-corrected chi connectivity index (χ2v) is 14.3. The van der Waals surface area contributed by atoms with E-state index in [4.69, 9.17) is 9.16 Å². The summed E-state index contributed by atoms with van der Waals surface area (Å²) in [6.45, 7) is 15.0. The summed E-state index contributed by atoms with van der Waals surface area (Å²) >= 11 is 0. The molecule has 4 heteroatoms. The van der Waals surface area contributed by atoms with E-state index in [2.05, 4.69) is 46.9 Å². The van der Waals surface area contributed by atoms with Crippen LogP contribution in [0.4, 0.5) is 0 Å². The average Bonchev–Trinajstić information content (AvgIpc) is 2.85. The summed E-state index contributed by atoms with van der Waals surface area (Å²) < 4.78 is 12.9. The topological polar surface area (TPSA) is 35.5 Å². The predicted molar refractivity (Wildman–Crippen MR) is 99.5 cm³/mol. The molecule has 0 aromatic heterocycles. The van der Waals surface area contributed by atoms with Crippen LogP contribution in [0.2, 0.25) is 18.1 Å². The van der Waals surface area contributed by atoms with E-state index in [9.17, 15) is 4.79 Å². The van der Waals surface area contributed by atoms with Gasteiger partial charge in [0, 0.05) is 24.4 Å². The van der Waals surface area contributed by atoms with Crippen LogP contribution in [0.1, 0.15) is 47.0 Å². The Bertz CT molecular complexity index is 596. The van der Waals surface area contributed by atoms with Crippen LogP contribution in [0.5, 0.6) is 0 Å². The van der Waals surface area contributed by atoms with Gasteiger partial charge in [0.25, 0.3) is 0 Å². The van der Waals surface area contributed by atoms with Gasteiger partial charge in [0.05, 0.1) is 12.7 Å². The lowest BCUT2D eigenvalue weighted by molar-refractivity contribution is -0.119. The second kappa shape index (κ2) is 5.92. The number of ketones is 1. The van der Waals surface area contributed by atoms with Crippen LogP contribution < -0.4 is 0 Å². The maximum atomic E-state index is 12.1. The van der Waals surface area contributed by atoms with Gasteiger partial charge in [-0.1, -0.05) is 32.4 Å². The number of fused-ring (bicyclic) bond motifs is 3. The summed E-state index contributed by atoms with van der Waals surface area (Å²) in [6, 6.07) is 0. The first-order valence-electron chi connectivity index (χ1n) is 9.21. The Morgan fingerprint density at radius 3 is 2.75 bits per heavy atom. The summed E-state index contributed by atoms with van der Waals surface area (Å²) in [7, 11) is -1.83. The molecule has 1 heterocycles. The first kappa shape index (κ1) is 18.1. The van der Waals surface area contributed by atoms with E-state index in [0.29, 0.717) is 25.6 Å². The van der Waals surface area contributed by atoms with Crippen LogP contribution in [0.25, 0.3) is 0 Å². The van der Waals surface area contributed by atoms with Gasteiger partial charge in [-0.2, -0.15) is 0 Å². The van der Waals surface area contributed by atoms with Gasteiger partial charge >= 0.3 is 0 Å². The third kappa shape index (κ3) is 2.97. The fourth-order valence-electron chi connectivity index (χ4n) is 4.05. The Morgan fingerprint density at radius 1 is 1.38 bits per heavy atom. The molecule has 0 bridgehead atoms. The van der Waals surface area contributed by atoms with E-state index in [-0.39, 0.29) is 22.3 Å². The van der Waals surface area contributed by atoms with Crippen LogP contribution in [0.15, 0.2) is 23.3 Å². The molecule has 1 saturated heterocycles. The number of hydrogen-bond donors (Lipinski definition) is 0. The molecule has 0 radical (unpaired) electrons. The minimum atomic E-state index is -1.83. The fourth-order valence-corrected chi connectivity index (χ4v) is 5.11. The molecule has 0 amide bonds. The molecule has 3 rings (SSSR count). The Balaban J connectivity index is 1.90. The zero-order chi connectivity index (χ0) is 17.8. The Morgan fingerprint density at radius 2 is 2.08 bits per heavy atom. The third-order valence-corrected chi connectivity index (χ3v) is 11.3. The van der Waals surface area contributed by atoms with E-state index in [0.717, 1.165) is 12.8 Å². The molecule has 0 unspecified atom stereocenters. The minimum absolute atomic E-state index is 0.0642. The summed E-state index contributed by atoms with van der Waals surface area (Å²) in [5, 5.41) is 0.194. The van der Waals surface area contributed by atoms with Crippen molar-refractivity contribution in [1.29, 1.82) is 0 Å². The molecule has 0 aromatic rings. The zero-order valence-electron chi connectivity index (χ0n) is 16.1. The molecule has 1 fully saturated rings. The molecular formula is C20H32O3Si. The van der Waals surface area contributed by atoms with Gasteiger partial charge in [-0.05, 0) is 49.5 Å². The molecule has 0 spiro atoms. The highest BCUT2D eigenvalue weighted by atomic mass is 28.4. The largest absolute Gasteiger partial charge is 0.416 e. The van der Waals surface area contributed by atoms with Crippen molar-refractivity contribution < 1.29 is 14.0 Å². The van der Waals surface area contributed by atoms with Crippen molar-refractivity contribution in [2.24, 2.45) is 11.3 Å². The maximum Gasteiger partial charge on any atom is 0.192 e. The first-order valence-corrected chi connectivity index (χ1v) is 12.1. The lowest BCUT2D eigenvalue weighted by Crippen LogP contribution is -2.54. The molecule has 3 nitrogen and oxygen atoms in total. The predicted octanol–water partition coefficient (Wildman–Crippen LogP) is 4.65. The molecule has 3 atom stereocenters.